The van der Waals surface area contributed by atoms with Crippen molar-refractivity contribution >= 4 is 33.5 Å². The van der Waals surface area contributed by atoms with Crippen LogP contribution in [-0.2, 0) is 19.6 Å². The zero-order chi connectivity index (χ0) is 22.1. The SMILES string of the molecule is O=C(COc1ccccc1)NCC(=O)Nc1ccc(S(=O)(=O)Nc2ncccn2)cc1. The number of nitrogens with zero attached hydrogens (tertiary/aromatic N) is 2. The van der Waals surface area contributed by atoms with Gasteiger partial charge in [0, 0.05) is 18.1 Å². The molecule has 2 aromatic carbocycles. The monoisotopic (exact) mass is 441 g/mol. The number of amides is 2. The summed E-state index contributed by atoms with van der Waals surface area (Å²) in [5.41, 5.74) is 0.370. The highest BCUT2D eigenvalue weighted by Crippen LogP contribution is 2.16. The van der Waals surface area contributed by atoms with E-state index in [4.69, 9.17) is 4.74 Å². The lowest BCUT2D eigenvalue weighted by atomic mass is 10.3. The van der Waals surface area contributed by atoms with Gasteiger partial charge in [-0.15, -0.1) is 0 Å². The number of rotatable bonds is 9. The third-order valence-corrected chi connectivity index (χ3v) is 5.14. The van der Waals surface area contributed by atoms with E-state index in [0.29, 0.717) is 11.4 Å². The molecule has 3 rings (SSSR count). The van der Waals surface area contributed by atoms with Crippen molar-refractivity contribution in [3.8, 4) is 5.75 Å². The van der Waals surface area contributed by atoms with E-state index in [9.17, 15) is 18.0 Å². The molecular weight excluding hydrogens is 422 g/mol. The van der Waals surface area contributed by atoms with E-state index in [1.165, 1.54) is 36.7 Å². The fourth-order valence-electron chi connectivity index (χ4n) is 2.35. The molecule has 0 saturated carbocycles. The van der Waals surface area contributed by atoms with Gasteiger partial charge in [-0.1, -0.05) is 18.2 Å². The van der Waals surface area contributed by atoms with E-state index < -0.39 is 21.8 Å². The minimum atomic E-state index is -3.87. The lowest BCUT2D eigenvalue weighted by molar-refractivity contribution is -0.125. The molecule has 31 heavy (non-hydrogen) atoms. The maximum absolute atomic E-state index is 12.3. The number of sulfonamides is 1. The molecule has 3 aromatic rings. The molecule has 1 aromatic heterocycles. The molecule has 0 atom stereocenters. The summed E-state index contributed by atoms with van der Waals surface area (Å²) in [7, 11) is -3.87. The molecule has 10 nitrogen and oxygen atoms in total. The van der Waals surface area contributed by atoms with Crippen LogP contribution in [0.1, 0.15) is 0 Å². The largest absolute Gasteiger partial charge is 0.484 e. The van der Waals surface area contributed by atoms with Gasteiger partial charge in [-0.2, -0.15) is 0 Å². The Balaban J connectivity index is 1.46. The van der Waals surface area contributed by atoms with Crippen molar-refractivity contribution in [2.24, 2.45) is 0 Å². The molecule has 0 saturated heterocycles. The molecule has 0 aliphatic rings. The van der Waals surface area contributed by atoms with Gasteiger partial charge in [0.2, 0.25) is 11.9 Å². The molecule has 0 aliphatic heterocycles. The molecule has 0 bridgehead atoms. The number of ether oxygens (including phenoxy) is 1. The minimum absolute atomic E-state index is 0.0238. The maximum atomic E-state index is 12.3. The molecule has 0 aliphatic carbocycles. The third-order valence-electron chi connectivity index (χ3n) is 3.80. The van der Waals surface area contributed by atoms with Crippen molar-refractivity contribution in [3.63, 3.8) is 0 Å². The summed E-state index contributed by atoms with van der Waals surface area (Å²) in [5, 5.41) is 5.01. The standard InChI is InChI=1S/C20H19N5O5S/c26-18(13-23-19(27)14-30-16-5-2-1-3-6-16)24-15-7-9-17(10-8-15)31(28,29)25-20-21-11-4-12-22-20/h1-12H,13-14H2,(H,23,27)(H,24,26)(H,21,22,25). The molecule has 1 heterocycles. The predicted molar refractivity (Wildman–Crippen MR) is 113 cm³/mol. The van der Waals surface area contributed by atoms with Gasteiger partial charge in [0.15, 0.2) is 6.61 Å². The van der Waals surface area contributed by atoms with Crippen LogP contribution in [0, 0.1) is 0 Å². The van der Waals surface area contributed by atoms with Crippen LogP contribution >= 0.6 is 0 Å². The Morgan fingerprint density at radius 2 is 1.55 bits per heavy atom. The van der Waals surface area contributed by atoms with Crippen LogP contribution in [0.5, 0.6) is 5.75 Å². The van der Waals surface area contributed by atoms with E-state index in [2.05, 4.69) is 25.3 Å². The van der Waals surface area contributed by atoms with Crippen molar-refractivity contribution in [3.05, 3.63) is 73.1 Å². The molecule has 0 unspecified atom stereocenters. The molecule has 160 valence electrons. The maximum Gasteiger partial charge on any atom is 0.264 e. The Morgan fingerprint density at radius 1 is 0.871 bits per heavy atom. The molecule has 0 fully saturated rings. The Morgan fingerprint density at radius 3 is 2.23 bits per heavy atom. The number of benzene rings is 2. The molecule has 0 radical (unpaired) electrons. The number of anilines is 2. The first-order valence-electron chi connectivity index (χ1n) is 9.07. The normalized spacial score (nSPS) is 10.7. The van der Waals surface area contributed by atoms with Crippen LogP contribution in [0.2, 0.25) is 0 Å². The summed E-state index contributed by atoms with van der Waals surface area (Å²) >= 11 is 0. The number of aromatic nitrogens is 2. The Kier molecular flexibility index (Phi) is 7.12. The van der Waals surface area contributed by atoms with Gasteiger partial charge < -0.3 is 15.4 Å². The highest BCUT2D eigenvalue weighted by Gasteiger charge is 2.15. The fraction of sp³-hybridized carbons (Fsp3) is 0.100. The zero-order valence-electron chi connectivity index (χ0n) is 16.2. The molecule has 0 spiro atoms. The van der Waals surface area contributed by atoms with Crippen molar-refractivity contribution < 1.29 is 22.7 Å². The second-order valence-electron chi connectivity index (χ2n) is 6.13. The van der Waals surface area contributed by atoms with Crippen LogP contribution < -0.4 is 20.1 Å². The van der Waals surface area contributed by atoms with Gasteiger partial charge >= 0.3 is 0 Å². The number of para-hydroxylation sites is 1. The van der Waals surface area contributed by atoms with Crippen molar-refractivity contribution in [2.45, 2.75) is 4.90 Å². The van der Waals surface area contributed by atoms with Gasteiger partial charge in [0.05, 0.1) is 11.4 Å². The quantitative estimate of drug-likeness (QED) is 0.456. The predicted octanol–water partition coefficient (Wildman–Crippen LogP) is 1.41. The Bertz CT molecular complexity index is 1120. The highest BCUT2D eigenvalue weighted by molar-refractivity contribution is 7.92. The molecular formula is C20H19N5O5S. The topological polar surface area (TPSA) is 139 Å². The Hall–Kier alpha value is -3.99. The number of carbonyl (C=O) groups excluding carboxylic acids is 2. The Labute approximate surface area is 178 Å². The first kappa shape index (κ1) is 21.7. The molecule has 11 heteroatoms. The lowest BCUT2D eigenvalue weighted by Gasteiger charge is -2.09. The van der Waals surface area contributed by atoms with Crippen molar-refractivity contribution in [2.75, 3.05) is 23.2 Å². The highest BCUT2D eigenvalue weighted by atomic mass is 32.2. The van der Waals surface area contributed by atoms with Gasteiger partial charge in [-0.3, -0.25) is 9.59 Å². The van der Waals surface area contributed by atoms with Crippen molar-refractivity contribution in [1.82, 2.24) is 15.3 Å². The van der Waals surface area contributed by atoms with Crippen LogP contribution in [0.25, 0.3) is 0 Å². The number of nitrogens with one attached hydrogen (secondary N) is 3. The van der Waals surface area contributed by atoms with Crippen LogP contribution in [-0.4, -0.2) is 43.4 Å². The summed E-state index contributed by atoms with van der Waals surface area (Å²) in [6.07, 6.45) is 2.83. The number of hydrogen-bond donors (Lipinski definition) is 3. The summed E-state index contributed by atoms with van der Waals surface area (Å²) in [6.45, 7) is -0.480. The fourth-order valence-corrected chi connectivity index (χ4v) is 3.31. The van der Waals surface area contributed by atoms with E-state index in [0.717, 1.165) is 0 Å². The second kappa shape index (κ2) is 10.2. The van der Waals surface area contributed by atoms with Crippen LogP contribution in [0.4, 0.5) is 11.6 Å². The summed E-state index contributed by atoms with van der Waals surface area (Å²) in [4.78, 5) is 31.4. The number of carbonyl (C=O) groups is 2. The second-order valence-corrected chi connectivity index (χ2v) is 7.81. The van der Waals surface area contributed by atoms with Gasteiger partial charge in [-0.05, 0) is 42.5 Å². The minimum Gasteiger partial charge on any atom is -0.484 e. The lowest BCUT2D eigenvalue weighted by Crippen LogP contribution is -2.35. The van der Waals surface area contributed by atoms with Crippen molar-refractivity contribution in [1.29, 1.82) is 0 Å². The average Bonchev–Trinajstić information content (AvgIpc) is 2.78. The first-order valence-corrected chi connectivity index (χ1v) is 10.5. The van der Waals surface area contributed by atoms with E-state index in [-0.39, 0.29) is 24.0 Å². The van der Waals surface area contributed by atoms with Crippen LogP contribution in [0.3, 0.4) is 0 Å². The summed E-state index contributed by atoms with van der Waals surface area (Å²) in [5.74, 6) is -0.425. The van der Waals surface area contributed by atoms with E-state index in [1.807, 2.05) is 6.07 Å². The summed E-state index contributed by atoms with van der Waals surface area (Å²) < 4.78 is 32.2. The van der Waals surface area contributed by atoms with Gasteiger partial charge in [-0.25, -0.2) is 23.1 Å². The third kappa shape index (κ3) is 6.78. The van der Waals surface area contributed by atoms with Crippen LogP contribution in [0.15, 0.2) is 78.0 Å². The summed E-state index contributed by atoms with van der Waals surface area (Å²) in [6, 6.07) is 15.9. The molecule has 3 N–H and O–H groups in total. The van der Waals surface area contributed by atoms with E-state index in [1.54, 1.807) is 30.3 Å². The van der Waals surface area contributed by atoms with Gasteiger partial charge in [0.1, 0.15) is 5.75 Å². The molecule has 2 amide bonds. The van der Waals surface area contributed by atoms with Gasteiger partial charge in [0.25, 0.3) is 15.9 Å². The average molecular weight is 441 g/mol. The smallest absolute Gasteiger partial charge is 0.264 e. The van der Waals surface area contributed by atoms with E-state index >= 15 is 0 Å². The first-order chi connectivity index (χ1) is 14.9. The zero-order valence-corrected chi connectivity index (χ0v) is 17.0. The number of hydrogen-bond acceptors (Lipinski definition) is 7.